The number of nitriles is 1. The van der Waals surface area contributed by atoms with Gasteiger partial charge in [-0.15, -0.1) is 0 Å². The third kappa shape index (κ3) is 2.99. The van der Waals surface area contributed by atoms with Crippen LogP contribution in [0.15, 0.2) is 30.3 Å². The number of carbonyl (C=O) groups is 1. The summed E-state index contributed by atoms with van der Waals surface area (Å²) in [6.07, 6.45) is 1.47. The zero-order valence-electron chi connectivity index (χ0n) is 15.3. The maximum absolute atomic E-state index is 14.4. The van der Waals surface area contributed by atoms with E-state index in [-0.39, 0.29) is 23.6 Å². The van der Waals surface area contributed by atoms with Gasteiger partial charge in [-0.05, 0) is 31.4 Å². The first-order chi connectivity index (χ1) is 13.0. The van der Waals surface area contributed by atoms with Gasteiger partial charge in [0.05, 0.1) is 17.3 Å². The molecule has 4 rings (SSSR count). The van der Waals surface area contributed by atoms with E-state index in [0.29, 0.717) is 30.2 Å². The Balaban J connectivity index is 1.86. The highest BCUT2D eigenvalue weighted by Crippen LogP contribution is 2.49. The van der Waals surface area contributed by atoms with Gasteiger partial charge in [-0.1, -0.05) is 12.1 Å². The fourth-order valence-corrected chi connectivity index (χ4v) is 4.17. The van der Waals surface area contributed by atoms with Gasteiger partial charge < -0.3 is 15.0 Å². The number of ether oxygens (including phenoxy) is 1. The number of rotatable bonds is 1. The van der Waals surface area contributed by atoms with E-state index in [2.05, 4.69) is 10.2 Å². The van der Waals surface area contributed by atoms with Crippen LogP contribution >= 0.6 is 0 Å². The van der Waals surface area contributed by atoms with Crippen molar-refractivity contribution in [2.24, 2.45) is 0 Å². The smallest absolute Gasteiger partial charge is 0.217 e. The van der Waals surface area contributed by atoms with Crippen LogP contribution in [-0.4, -0.2) is 18.5 Å². The second kappa shape index (κ2) is 6.58. The van der Waals surface area contributed by atoms with E-state index in [0.717, 1.165) is 17.5 Å². The largest absolute Gasteiger partial charge is 0.455 e. The minimum atomic E-state index is -0.551. The average molecular weight is 365 g/mol. The van der Waals surface area contributed by atoms with Crippen molar-refractivity contribution in [3.8, 4) is 17.6 Å². The van der Waals surface area contributed by atoms with E-state index in [1.165, 1.54) is 19.1 Å². The van der Waals surface area contributed by atoms with Gasteiger partial charge in [-0.2, -0.15) is 5.26 Å². The number of benzene rings is 2. The summed E-state index contributed by atoms with van der Waals surface area (Å²) >= 11 is 0. The number of hydrogen-bond donors (Lipinski definition) is 1. The van der Waals surface area contributed by atoms with Crippen LogP contribution in [0.2, 0.25) is 0 Å². The van der Waals surface area contributed by atoms with Gasteiger partial charge in [-0.3, -0.25) is 4.79 Å². The lowest BCUT2D eigenvalue weighted by Crippen LogP contribution is -2.45. The van der Waals surface area contributed by atoms with Crippen molar-refractivity contribution in [3.63, 3.8) is 0 Å². The summed E-state index contributed by atoms with van der Waals surface area (Å²) in [5, 5.41) is 12.2. The Morgan fingerprint density at radius 3 is 2.93 bits per heavy atom. The normalized spacial score (nSPS) is 20.3. The first-order valence-electron chi connectivity index (χ1n) is 9.02. The Bertz CT molecular complexity index is 967. The molecule has 2 aromatic carbocycles. The molecule has 2 aliphatic rings. The molecule has 138 valence electrons. The topological polar surface area (TPSA) is 65.4 Å². The molecule has 0 saturated carbocycles. The summed E-state index contributed by atoms with van der Waals surface area (Å²) in [6.45, 7) is 4.21. The zero-order chi connectivity index (χ0) is 19.1. The number of amides is 1. The van der Waals surface area contributed by atoms with Crippen molar-refractivity contribution in [2.45, 2.75) is 38.8 Å². The van der Waals surface area contributed by atoms with Gasteiger partial charge >= 0.3 is 0 Å². The van der Waals surface area contributed by atoms with E-state index in [9.17, 15) is 14.4 Å². The second-order valence-corrected chi connectivity index (χ2v) is 7.13. The minimum Gasteiger partial charge on any atom is -0.455 e. The standard InChI is InChI=1S/C21H20FN3O2/c1-12-4-3-5-19-21(12)18-9-15(24-13(2)26)6-7-25(18)17-10-16(22)14(11-23)8-20(17)27-19/h3-5,8,10,15,18H,6-7,9H2,1-2H3,(H,24,26)/t15-,18-/m0/s1. The van der Waals surface area contributed by atoms with E-state index in [1.807, 2.05) is 31.2 Å². The fourth-order valence-electron chi connectivity index (χ4n) is 4.17. The number of nitrogens with one attached hydrogen (secondary N) is 1. The first kappa shape index (κ1) is 17.3. The van der Waals surface area contributed by atoms with Crippen molar-refractivity contribution in [1.82, 2.24) is 5.32 Å². The Labute approximate surface area is 157 Å². The predicted octanol–water partition coefficient (Wildman–Crippen LogP) is 3.96. The third-order valence-corrected chi connectivity index (χ3v) is 5.33. The van der Waals surface area contributed by atoms with Crippen molar-refractivity contribution in [1.29, 1.82) is 5.26 Å². The van der Waals surface area contributed by atoms with Crippen molar-refractivity contribution < 1.29 is 13.9 Å². The summed E-state index contributed by atoms with van der Waals surface area (Å²) in [7, 11) is 0. The molecule has 6 heteroatoms. The molecule has 2 atom stereocenters. The maximum Gasteiger partial charge on any atom is 0.217 e. The lowest BCUT2D eigenvalue weighted by atomic mass is 9.88. The first-order valence-corrected chi connectivity index (χ1v) is 9.02. The van der Waals surface area contributed by atoms with Gasteiger partial charge in [0.2, 0.25) is 5.91 Å². The monoisotopic (exact) mass is 365 g/mol. The number of carbonyl (C=O) groups excluding carboxylic acids is 1. The highest BCUT2D eigenvalue weighted by atomic mass is 19.1. The number of aryl methyl sites for hydroxylation is 1. The molecule has 1 amide bonds. The van der Waals surface area contributed by atoms with Crippen LogP contribution in [0.25, 0.3) is 0 Å². The highest BCUT2D eigenvalue weighted by Gasteiger charge is 2.37. The molecule has 2 aromatic rings. The SMILES string of the molecule is CC(=O)N[C@H]1CCN2c3cc(F)c(C#N)cc3Oc3cccc(C)c3[C@@H]2C1. The molecular weight excluding hydrogens is 345 g/mol. The van der Waals surface area contributed by atoms with E-state index in [4.69, 9.17) is 4.74 Å². The Morgan fingerprint density at radius 2 is 2.19 bits per heavy atom. The van der Waals surface area contributed by atoms with E-state index < -0.39 is 5.82 Å². The molecular formula is C21H20FN3O2. The molecule has 27 heavy (non-hydrogen) atoms. The van der Waals surface area contributed by atoms with Gasteiger partial charge in [0, 0.05) is 37.2 Å². The molecule has 0 spiro atoms. The van der Waals surface area contributed by atoms with Crippen LogP contribution in [-0.2, 0) is 4.79 Å². The molecule has 0 aliphatic carbocycles. The van der Waals surface area contributed by atoms with E-state index in [1.54, 1.807) is 0 Å². The number of anilines is 1. The van der Waals surface area contributed by atoms with Crippen LogP contribution in [0.5, 0.6) is 11.5 Å². The van der Waals surface area contributed by atoms with Gasteiger partial charge in [0.1, 0.15) is 17.6 Å². The Hall–Kier alpha value is -3.07. The van der Waals surface area contributed by atoms with Crippen LogP contribution in [0, 0.1) is 24.1 Å². The molecule has 0 radical (unpaired) electrons. The molecule has 2 heterocycles. The zero-order valence-corrected chi connectivity index (χ0v) is 15.3. The number of fused-ring (bicyclic) bond motifs is 5. The quantitative estimate of drug-likeness (QED) is 0.831. The lowest BCUT2D eigenvalue weighted by molar-refractivity contribution is -0.119. The molecule has 0 aromatic heterocycles. The summed E-state index contributed by atoms with van der Waals surface area (Å²) in [6, 6.07) is 10.6. The number of piperidine rings is 1. The lowest BCUT2D eigenvalue weighted by Gasteiger charge is -2.41. The molecule has 1 saturated heterocycles. The second-order valence-electron chi connectivity index (χ2n) is 7.13. The van der Waals surface area contributed by atoms with Crippen molar-refractivity contribution in [3.05, 3.63) is 52.8 Å². The summed E-state index contributed by atoms with van der Waals surface area (Å²) in [5.41, 5.74) is 2.74. The minimum absolute atomic E-state index is 0.0328. The molecule has 5 nitrogen and oxygen atoms in total. The molecule has 1 fully saturated rings. The number of nitrogens with zero attached hydrogens (tertiary/aromatic N) is 2. The maximum atomic E-state index is 14.4. The van der Waals surface area contributed by atoms with Crippen molar-refractivity contribution in [2.75, 3.05) is 11.4 Å². The van der Waals surface area contributed by atoms with Crippen LogP contribution < -0.4 is 15.0 Å². The van der Waals surface area contributed by atoms with E-state index >= 15 is 0 Å². The highest BCUT2D eigenvalue weighted by molar-refractivity contribution is 5.73. The summed E-state index contributed by atoms with van der Waals surface area (Å²) < 4.78 is 20.5. The van der Waals surface area contributed by atoms with Gasteiger partial charge in [-0.25, -0.2) is 4.39 Å². The Morgan fingerprint density at radius 1 is 1.37 bits per heavy atom. The fraction of sp³-hybridized carbons (Fsp3) is 0.333. The van der Waals surface area contributed by atoms with Crippen molar-refractivity contribution >= 4 is 11.6 Å². The number of hydrogen-bond acceptors (Lipinski definition) is 4. The van der Waals surface area contributed by atoms with Crippen LogP contribution in [0.1, 0.15) is 42.5 Å². The van der Waals surface area contributed by atoms with Crippen LogP contribution in [0.3, 0.4) is 0 Å². The third-order valence-electron chi connectivity index (χ3n) is 5.33. The van der Waals surface area contributed by atoms with Crippen LogP contribution in [0.4, 0.5) is 10.1 Å². The van der Waals surface area contributed by atoms with Gasteiger partial charge in [0.25, 0.3) is 0 Å². The average Bonchev–Trinajstić information content (AvgIpc) is 2.75. The molecule has 0 unspecified atom stereocenters. The predicted molar refractivity (Wildman–Crippen MR) is 99.3 cm³/mol. The summed E-state index contributed by atoms with van der Waals surface area (Å²) in [5.74, 6) is 0.599. The molecule has 2 aliphatic heterocycles. The Kier molecular flexibility index (Phi) is 4.23. The number of halogens is 1. The molecule has 0 bridgehead atoms. The summed E-state index contributed by atoms with van der Waals surface area (Å²) in [4.78, 5) is 13.7. The molecule has 1 N–H and O–H groups in total. The van der Waals surface area contributed by atoms with Gasteiger partial charge in [0.15, 0.2) is 5.75 Å².